The Labute approximate surface area is 285 Å². The van der Waals surface area contributed by atoms with Crippen LogP contribution in [0.2, 0.25) is 0 Å². The first kappa shape index (κ1) is 41.0. The van der Waals surface area contributed by atoms with Gasteiger partial charge < -0.3 is 100.0 Å². The molecule has 4 aliphatic rings. The molecule has 0 aromatic carbocycles. The first-order chi connectivity index (χ1) is 23.5. The number of aliphatic hydroxyl groups excluding tert-OH is 11. The van der Waals surface area contributed by atoms with Crippen molar-refractivity contribution in [3.05, 3.63) is 0 Å². The van der Waals surface area contributed by atoms with E-state index in [4.69, 9.17) is 33.2 Å². The quantitative estimate of drug-likeness (QED) is 0.0938. The van der Waals surface area contributed by atoms with Gasteiger partial charge in [-0.2, -0.15) is 0 Å². The van der Waals surface area contributed by atoms with E-state index in [1.807, 2.05) is 0 Å². The van der Waals surface area contributed by atoms with Gasteiger partial charge in [0.05, 0.1) is 25.9 Å². The Hall–Kier alpha value is -1.78. The van der Waals surface area contributed by atoms with Crippen LogP contribution in [0.4, 0.5) is 0 Å². The van der Waals surface area contributed by atoms with Crippen molar-refractivity contribution in [1.29, 1.82) is 0 Å². The summed E-state index contributed by atoms with van der Waals surface area (Å²) in [6.45, 7) is 1.04. The van der Waals surface area contributed by atoms with Crippen molar-refractivity contribution < 1.29 is 98.9 Å². The molecular formula is C28H48N2O20. The number of carbonyl (C=O) groups excluding carboxylic acids is 2. The highest BCUT2D eigenvalue weighted by Gasteiger charge is 2.56. The summed E-state index contributed by atoms with van der Waals surface area (Å²) >= 11 is 0. The number of aliphatic hydroxyl groups is 11. The predicted molar refractivity (Wildman–Crippen MR) is 156 cm³/mol. The van der Waals surface area contributed by atoms with E-state index in [0.717, 1.165) is 13.8 Å². The highest BCUT2D eigenvalue weighted by atomic mass is 16.8. The minimum absolute atomic E-state index is 0.687. The summed E-state index contributed by atoms with van der Waals surface area (Å²) in [6.07, 6.45) is -30.4. The highest BCUT2D eigenvalue weighted by molar-refractivity contribution is 5.73. The van der Waals surface area contributed by atoms with E-state index in [1.165, 1.54) is 6.92 Å². The van der Waals surface area contributed by atoms with Gasteiger partial charge in [-0.05, 0) is 6.92 Å². The van der Waals surface area contributed by atoms with E-state index in [9.17, 15) is 65.8 Å². The Morgan fingerprint density at radius 3 is 1.50 bits per heavy atom. The van der Waals surface area contributed by atoms with Crippen LogP contribution in [0.5, 0.6) is 0 Å². The zero-order valence-electron chi connectivity index (χ0n) is 27.3. The van der Waals surface area contributed by atoms with Crippen molar-refractivity contribution in [2.24, 2.45) is 0 Å². The molecule has 4 saturated heterocycles. The fourth-order valence-corrected chi connectivity index (χ4v) is 6.27. The van der Waals surface area contributed by atoms with Gasteiger partial charge in [0.25, 0.3) is 0 Å². The van der Waals surface area contributed by atoms with Crippen molar-refractivity contribution in [2.45, 2.75) is 143 Å². The van der Waals surface area contributed by atoms with Crippen LogP contribution in [0.15, 0.2) is 0 Å². The molecule has 0 aliphatic carbocycles. The maximum Gasteiger partial charge on any atom is 0.217 e. The highest BCUT2D eigenvalue weighted by Crippen LogP contribution is 2.34. The van der Waals surface area contributed by atoms with E-state index >= 15 is 0 Å². The molecule has 0 unspecified atom stereocenters. The second kappa shape index (κ2) is 17.4. The molecule has 22 nitrogen and oxygen atoms in total. The molecule has 22 heteroatoms. The average Bonchev–Trinajstić information content (AvgIpc) is 3.06. The molecular weight excluding hydrogens is 684 g/mol. The first-order valence-electron chi connectivity index (χ1n) is 15.9. The molecule has 0 spiro atoms. The molecule has 13 N–H and O–H groups in total. The second-order valence-electron chi connectivity index (χ2n) is 12.6. The van der Waals surface area contributed by atoms with Gasteiger partial charge in [-0.3, -0.25) is 9.59 Å². The third-order valence-corrected chi connectivity index (χ3v) is 8.97. The molecule has 4 rings (SSSR count). The van der Waals surface area contributed by atoms with Crippen LogP contribution in [0.25, 0.3) is 0 Å². The summed E-state index contributed by atoms with van der Waals surface area (Å²) in [5.41, 5.74) is 0. The molecule has 0 aromatic heterocycles. The number of ether oxygens (including phenoxy) is 7. The zero-order chi connectivity index (χ0) is 37.2. The standard InChI is InChI=1S/C28H48N2O20/c1-7-15(36)23(24(25(43)44-7)50-28-21(42)20(41)17(38)11(5-32)47-28)49-27-14(30-9(3)35)22(18(39)12(6-33)46-27)48-26-13(29-8(2)34)19(40)16(37)10(4-31)45-26/h7,10-28,31-33,36-43H,4-6H2,1-3H3,(H,29,34)(H,30,35)/t7-,10+,11+,12+,13+,14+,15-,16+,17+,18+,19+,20-,21+,22+,23+,24+,25+,26-,27-,28+/m0/s1. The lowest BCUT2D eigenvalue weighted by atomic mass is 9.94. The van der Waals surface area contributed by atoms with Crippen molar-refractivity contribution in [2.75, 3.05) is 19.8 Å². The molecule has 0 bridgehead atoms. The van der Waals surface area contributed by atoms with Gasteiger partial charge in [-0.15, -0.1) is 0 Å². The maximum atomic E-state index is 12.5. The van der Waals surface area contributed by atoms with Crippen molar-refractivity contribution in [1.82, 2.24) is 10.6 Å². The topological polar surface area (TPSA) is 345 Å². The Morgan fingerprint density at radius 2 is 0.960 bits per heavy atom. The van der Waals surface area contributed by atoms with Crippen LogP contribution in [0.3, 0.4) is 0 Å². The second-order valence-corrected chi connectivity index (χ2v) is 12.6. The van der Waals surface area contributed by atoms with E-state index in [0.29, 0.717) is 0 Å². The lowest BCUT2D eigenvalue weighted by Crippen LogP contribution is -2.71. The van der Waals surface area contributed by atoms with Crippen molar-refractivity contribution in [3.63, 3.8) is 0 Å². The Morgan fingerprint density at radius 1 is 0.520 bits per heavy atom. The summed E-state index contributed by atoms with van der Waals surface area (Å²) < 4.78 is 39.8. The summed E-state index contributed by atoms with van der Waals surface area (Å²) in [5, 5.41) is 120. The van der Waals surface area contributed by atoms with Gasteiger partial charge in [0.15, 0.2) is 25.2 Å². The Balaban J connectivity index is 1.67. The van der Waals surface area contributed by atoms with Crippen LogP contribution in [0.1, 0.15) is 20.8 Å². The van der Waals surface area contributed by atoms with Crippen LogP contribution < -0.4 is 10.6 Å². The van der Waals surface area contributed by atoms with Crippen LogP contribution >= 0.6 is 0 Å². The lowest BCUT2D eigenvalue weighted by molar-refractivity contribution is -0.383. The molecule has 2 amide bonds. The first-order valence-corrected chi connectivity index (χ1v) is 15.9. The number of hydrogen-bond acceptors (Lipinski definition) is 20. The van der Waals surface area contributed by atoms with E-state index in [1.54, 1.807) is 0 Å². The Bertz CT molecular complexity index is 1120. The van der Waals surface area contributed by atoms with Gasteiger partial charge in [-0.25, -0.2) is 0 Å². The van der Waals surface area contributed by atoms with E-state index < -0.39 is 154 Å². The summed E-state index contributed by atoms with van der Waals surface area (Å²) in [5.74, 6) is -1.43. The number of carbonyl (C=O) groups is 2. The molecule has 0 aromatic rings. The molecule has 0 saturated carbocycles. The molecule has 4 aliphatic heterocycles. The van der Waals surface area contributed by atoms with Crippen LogP contribution in [-0.4, -0.2) is 211 Å². The zero-order valence-corrected chi connectivity index (χ0v) is 27.3. The molecule has 20 atom stereocenters. The normalized spacial score (nSPS) is 48.5. The monoisotopic (exact) mass is 732 g/mol. The molecule has 0 radical (unpaired) electrons. The number of rotatable bonds is 11. The summed E-state index contributed by atoms with van der Waals surface area (Å²) in [6, 6.07) is -3.06. The molecule has 290 valence electrons. The summed E-state index contributed by atoms with van der Waals surface area (Å²) in [4.78, 5) is 24.4. The van der Waals surface area contributed by atoms with Crippen LogP contribution in [-0.2, 0) is 42.7 Å². The van der Waals surface area contributed by atoms with Crippen molar-refractivity contribution in [3.8, 4) is 0 Å². The van der Waals surface area contributed by atoms with E-state index in [2.05, 4.69) is 10.6 Å². The maximum absolute atomic E-state index is 12.5. The van der Waals surface area contributed by atoms with Gasteiger partial charge in [0.2, 0.25) is 11.8 Å². The van der Waals surface area contributed by atoms with Gasteiger partial charge in [-0.1, -0.05) is 0 Å². The number of amides is 2. The molecule has 4 heterocycles. The van der Waals surface area contributed by atoms with Gasteiger partial charge in [0.1, 0.15) is 91.4 Å². The number of hydrogen-bond donors (Lipinski definition) is 13. The smallest absolute Gasteiger partial charge is 0.217 e. The van der Waals surface area contributed by atoms with Gasteiger partial charge >= 0.3 is 0 Å². The van der Waals surface area contributed by atoms with E-state index in [-0.39, 0.29) is 0 Å². The average molecular weight is 733 g/mol. The van der Waals surface area contributed by atoms with Crippen molar-refractivity contribution >= 4 is 11.8 Å². The minimum atomic E-state index is -1.94. The number of nitrogens with one attached hydrogen (secondary N) is 2. The van der Waals surface area contributed by atoms with Gasteiger partial charge in [0, 0.05) is 13.8 Å². The SMILES string of the molecule is CC(=O)N[C@H]1[C@H](O[C@H]2[C@H](O)[C@@H](CO)O[C@@H](O[C@@H]3[C@@H](O)[C@H](C)O[C@@H](O)[C@@H]3O[C@H]3O[C@H](CO)[C@@H](O)[C@H](O)[C@H]3O)[C@@H]2NC(C)=O)O[C@H](CO)[C@@H](O)[C@@H]1O. The third kappa shape index (κ3) is 8.70. The summed E-state index contributed by atoms with van der Waals surface area (Å²) in [7, 11) is 0. The molecule has 50 heavy (non-hydrogen) atoms. The predicted octanol–water partition coefficient (Wildman–Crippen LogP) is -8.43. The largest absolute Gasteiger partial charge is 0.394 e. The van der Waals surface area contributed by atoms with Crippen LogP contribution in [0, 0.1) is 0 Å². The third-order valence-electron chi connectivity index (χ3n) is 8.97. The lowest BCUT2D eigenvalue weighted by Gasteiger charge is -2.50. The fraction of sp³-hybridized carbons (Fsp3) is 0.929. The minimum Gasteiger partial charge on any atom is -0.394 e. The fourth-order valence-electron chi connectivity index (χ4n) is 6.27. The molecule has 4 fully saturated rings. The Kier molecular flexibility index (Phi) is 14.2.